The fourth-order valence-corrected chi connectivity index (χ4v) is 1.98. The van der Waals surface area contributed by atoms with Gasteiger partial charge in [0.25, 0.3) is 0 Å². The molecule has 0 saturated heterocycles. The number of aromatic nitrogens is 2. The Kier molecular flexibility index (Phi) is 5.51. The summed E-state index contributed by atoms with van der Waals surface area (Å²) in [6.45, 7) is 4.46. The molecule has 2 rings (SSSR count). The molecule has 5 heteroatoms. The van der Waals surface area contributed by atoms with Gasteiger partial charge in [-0.1, -0.05) is 30.3 Å². The van der Waals surface area contributed by atoms with Gasteiger partial charge in [0.05, 0.1) is 19.3 Å². The second kappa shape index (κ2) is 7.59. The zero-order valence-corrected chi connectivity index (χ0v) is 12.6. The topological polar surface area (TPSA) is 50.2 Å². The molecule has 0 aliphatic carbocycles. The van der Waals surface area contributed by atoms with Crippen LogP contribution in [0.4, 0.5) is 0 Å². The third-order valence-corrected chi connectivity index (χ3v) is 3.38. The summed E-state index contributed by atoms with van der Waals surface area (Å²) in [6, 6.07) is 10.2. The molecule has 0 aliphatic heterocycles. The minimum atomic E-state index is 0.106. The lowest BCUT2D eigenvalue weighted by atomic mass is 10.2. The molecule has 0 radical (unpaired) electrons. The smallest absolute Gasteiger partial charge is 0.236 e. The second-order valence-corrected chi connectivity index (χ2v) is 5.04. The van der Waals surface area contributed by atoms with E-state index in [-0.39, 0.29) is 5.91 Å². The molecule has 0 atom stereocenters. The summed E-state index contributed by atoms with van der Waals surface area (Å²) >= 11 is 0. The number of hydrogen-bond acceptors (Lipinski definition) is 3. The Hall–Kier alpha value is -2.14. The Morgan fingerprint density at radius 3 is 2.76 bits per heavy atom. The predicted molar refractivity (Wildman–Crippen MR) is 82.8 cm³/mol. The quantitative estimate of drug-likeness (QED) is 0.839. The molecule has 0 bridgehead atoms. The summed E-state index contributed by atoms with van der Waals surface area (Å²) in [5.74, 6) is 0.106. The van der Waals surface area contributed by atoms with Crippen LogP contribution in [0.25, 0.3) is 0 Å². The molecule has 1 N–H and O–H groups in total. The van der Waals surface area contributed by atoms with Gasteiger partial charge in [0.2, 0.25) is 5.91 Å². The van der Waals surface area contributed by atoms with Gasteiger partial charge in [-0.05, 0) is 12.5 Å². The summed E-state index contributed by atoms with van der Waals surface area (Å²) in [7, 11) is 1.81. The van der Waals surface area contributed by atoms with E-state index in [1.165, 1.54) is 5.56 Å². The van der Waals surface area contributed by atoms with E-state index < -0.39 is 0 Å². The normalized spacial score (nSPS) is 10.6. The predicted octanol–water partition coefficient (Wildman–Crippen LogP) is 1.50. The highest BCUT2D eigenvalue weighted by molar-refractivity contribution is 5.77. The first kappa shape index (κ1) is 15.3. The Balaban J connectivity index is 1.79. The average Bonchev–Trinajstić information content (AvgIpc) is 2.94. The summed E-state index contributed by atoms with van der Waals surface area (Å²) in [4.78, 5) is 13.4. The van der Waals surface area contributed by atoms with Gasteiger partial charge in [-0.2, -0.15) is 5.10 Å². The van der Waals surface area contributed by atoms with Crippen LogP contribution in [0, 0.1) is 0 Å². The molecule has 0 fully saturated rings. The van der Waals surface area contributed by atoms with Gasteiger partial charge >= 0.3 is 0 Å². The van der Waals surface area contributed by atoms with Crippen molar-refractivity contribution in [3.63, 3.8) is 0 Å². The summed E-state index contributed by atoms with van der Waals surface area (Å²) < 4.78 is 1.91. The monoisotopic (exact) mass is 286 g/mol. The SMILES string of the molecule is CCN(C)C(=O)CNCc1cnn(Cc2ccccc2)c1. The van der Waals surface area contributed by atoms with E-state index in [1.54, 1.807) is 4.90 Å². The van der Waals surface area contributed by atoms with E-state index in [1.807, 2.05) is 49.2 Å². The third-order valence-electron chi connectivity index (χ3n) is 3.38. The zero-order valence-electron chi connectivity index (χ0n) is 12.6. The molecule has 5 nitrogen and oxygen atoms in total. The van der Waals surface area contributed by atoms with Crippen molar-refractivity contribution in [2.24, 2.45) is 0 Å². The minimum absolute atomic E-state index is 0.106. The van der Waals surface area contributed by atoms with Crippen LogP contribution in [-0.2, 0) is 17.9 Å². The van der Waals surface area contributed by atoms with E-state index in [4.69, 9.17) is 0 Å². The Bertz CT molecular complexity index is 565. The van der Waals surface area contributed by atoms with E-state index in [0.717, 1.165) is 18.7 Å². The van der Waals surface area contributed by atoms with Crippen molar-refractivity contribution in [1.29, 1.82) is 0 Å². The van der Waals surface area contributed by atoms with E-state index >= 15 is 0 Å². The number of rotatable bonds is 7. The largest absolute Gasteiger partial charge is 0.345 e. The van der Waals surface area contributed by atoms with Crippen LogP contribution in [0.3, 0.4) is 0 Å². The lowest BCUT2D eigenvalue weighted by Gasteiger charge is -2.14. The highest BCUT2D eigenvalue weighted by atomic mass is 16.2. The van der Waals surface area contributed by atoms with Crippen molar-refractivity contribution < 1.29 is 4.79 Å². The van der Waals surface area contributed by atoms with Crippen molar-refractivity contribution in [2.75, 3.05) is 20.1 Å². The van der Waals surface area contributed by atoms with E-state index in [2.05, 4.69) is 22.5 Å². The van der Waals surface area contributed by atoms with Crippen molar-refractivity contribution in [3.05, 3.63) is 53.9 Å². The number of nitrogens with one attached hydrogen (secondary N) is 1. The average molecular weight is 286 g/mol. The molecule has 0 saturated carbocycles. The maximum Gasteiger partial charge on any atom is 0.236 e. The minimum Gasteiger partial charge on any atom is -0.345 e. The third kappa shape index (κ3) is 4.72. The van der Waals surface area contributed by atoms with Crippen LogP contribution in [-0.4, -0.2) is 40.7 Å². The lowest BCUT2D eigenvalue weighted by molar-refractivity contribution is -0.128. The fraction of sp³-hybridized carbons (Fsp3) is 0.375. The van der Waals surface area contributed by atoms with E-state index in [0.29, 0.717) is 13.1 Å². The summed E-state index contributed by atoms with van der Waals surface area (Å²) in [5.41, 5.74) is 2.30. The molecule has 0 spiro atoms. The molecule has 1 amide bonds. The van der Waals surface area contributed by atoms with Gasteiger partial charge in [0, 0.05) is 31.9 Å². The Labute approximate surface area is 125 Å². The first-order chi connectivity index (χ1) is 10.2. The van der Waals surface area contributed by atoms with Crippen molar-refractivity contribution >= 4 is 5.91 Å². The van der Waals surface area contributed by atoms with Gasteiger partial charge in [0.1, 0.15) is 0 Å². The number of benzene rings is 1. The van der Waals surface area contributed by atoms with Crippen molar-refractivity contribution in [2.45, 2.75) is 20.0 Å². The van der Waals surface area contributed by atoms with Crippen LogP contribution < -0.4 is 5.32 Å². The van der Waals surface area contributed by atoms with Crippen LogP contribution in [0.5, 0.6) is 0 Å². The van der Waals surface area contributed by atoms with Crippen LogP contribution in [0.15, 0.2) is 42.7 Å². The van der Waals surface area contributed by atoms with Crippen LogP contribution in [0.2, 0.25) is 0 Å². The van der Waals surface area contributed by atoms with Crippen LogP contribution >= 0.6 is 0 Å². The molecule has 0 aliphatic rings. The Morgan fingerprint density at radius 1 is 1.29 bits per heavy atom. The molecular formula is C16H22N4O. The molecule has 0 unspecified atom stereocenters. The maximum atomic E-state index is 11.7. The highest BCUT2D eigenvalue weighted by Crippen LogP contribution is 2.03. The van der Waals surface area contributed by atoms with Crippen molar-refractivity contribution in [1.82, 2.24) is 20.0 Å². The molecule has 21 heavy (non-hydrogen) atoms. The van der Waals surface area contributed by atoms with Gasteiger partial charge in [-0.25, -0.2) is 0 Å². The van der Waals surface area contributed by atoms with Crippen molar-refractivity contribution in [3.8, 4) is 0 Å². The molecule has 1 heterocycles. The molecule has 1 aromatic carbocycles. The summed E-state index contributed by atoms with van der Waals surface area (Å²) in [6.07, 6.45) is 3.85. The van der Waals surface area contributed by atoms with Crippen LogP contribution in [0.1, 0.15) is 18.1 Å². The van der Waals surface area contributed by atoms with Gasteiger partial charge in [0.15, 0.2) is 0 Å². The lowest BCUT2D eigenvalue weighted by Crippen LogP contribution is -2.35. The van der Waals surface area contributed by atoms with Gasteiger partial charge < -0.3 is 10.2 Å². The van der Waals surface area contributed by atoms with Gasteiger partial charge in [-0.15, -0.1) is 0 Å². The number of carbonyl (C=O) groups excluding carboxylic acids is 1. The number of likely N-dealkylation sites (N-methyl/N-ethyl adjacent to an activating group) is 1. The molecular weight excluding hydrogens is 264 g/mol. The number of carbonyl (C=O) groups is 1. The number of hydrogen-bond donors (Lipinski definition) is 1. The highest BCUT2D eigenvalue weighted by Gasteiger charge is 2.06. The first-order valence-corrected chi connectivity index (χ1v) is 7.19. The summed E-state index contributed by atoms with van der Waals surface area (Å²) in [5, 5.41) is 7.49. The molecule has 2 aromatic rings. The number of nitrogens with zero attached hydrogens (tertiary/aromatic N) is 3. The molecule has 1 aromatic heterocycles. The standard InChI is InChI=1S/C16H22N4O/c1-3-19(2)16(21)11-17-9-15-10-18-20(13-15)12-14-7-5-4-6-8-14/h4-8,10,13,17H,3,9,11-12H2,1-2H3. The molecule has 112 valence electrons. The van der Waals surface area contributed by atoms with E-state index in [9.17, 15) is 4.79 Å². The van der Waals surface area contributed by atoms with Gasteiger partial charge in [-0.3, -0.25) is 9.48 Å². The maximum absolute atomic E-state index is 11.7. The zero-order chi connectivity index (χ0) is 15.1. The number of amides is 1. The Morgan fingerprint density at radius 2 is 2.05 bits per heavy atom. The fourth-order valence-electron chi connectivity index (χ4n) is 1.98. The first-order valence-electron chi connectivity index (χ1n) is 7.19. The second-order valence-electron chi connectivity index (χ2n) is 5.04.